The SMILES string of the molecule is O=C(c1ccc2oc(=O)[nH]c2c1)N1CCN(c2ccnc3cc(Cl)ccc23)CC1. The standard InChI is InChI=1S/C21H17ClN4O3/c22-14-2-3-15-16(12-14)23-6-5-18(15)25-7-9-26(10-8-25)20(27)13-1-4-19-17(11-13)24-21(28)29-19/h1-6,11-12H,7-10H2,(H,24,28). The number of aromatic nitrogens is 2. The number of oxazole rings is 1. The summed E-state index contributed by atoms with van der Waals surface area (Å²) in [5.74, 6) is -0.580. The van der Waals surface area contributed by atoms with Gasteiger partial charge in [0.25, 0.3) is 5.91 Å². The summed E-state index contributed by atoms with van der Waals surface area (Å²) in [5.41, 5.74) is 3.46. The van der Waals surface area contributed by atoms with E-state index in [2.05, 4.69) is 14.9 Å². The lowest BCUT2D eigenvalue weighted by molar-refractivity contribution is 0.0747. The minimum absolute atomic E-state index is 0.0556. The molecule has 7 nitrogen and oxygen atoms in total. The van der Waals surface area contributed by atoms with Gasteiger partial charge in [-0.15, -0.1) is 0 Å². The first-order valence-corrected chi connectivity index (χ1v) is 9.68. The van der Waals surface area contributed by atoms with Crippen LogP contribution in [0.2, 0.25) is 5.02 Å². The lowest BCUT2D eigenvalue weighted by atomic mass is 10.1. The fourth-order valence-corrected chi connectivity index (χ4v) is 3.97. The second-order valence-electron chi connectivity index (χ2n) is 7.00. The highest BCUT2D eigenvalue weighted by Crippen LogP contribution is 2.28. The highest BCUT2D eigenvalue weighted by molar-refractivity contribution is 6.31. The molecular weight excluding hydrogens is 392 g/mol. The largest absolute Gasteiger partial charge is 0.417 e. The quantitative estimate of drug-likeness (QED) is 0.550. The van der Waals surface area contributed by atoms with E-state index in [4.69, 9.17) is 16.0 Å². The summed E-state index contributed by atoms with van der Waals surface area (Å²) in [7, 11) is 0. The van der Waals surface area contributed by atoms with Gasteiger partial charge in [-0.2, -0.15) is 0 Å². The van der Waals surface area contributed by atoms with Gasteiger partial charge in [0.1, 0.15) is 0 Å². The normalized spacial score (nSPS) is 14.7. The van der Waals surface area contributed by atoms with Crippen molar-refractivity contribution in [2.45, 2.75) is 0 Å². The Balaban J connectivity index is 1.34. The van der Waals surface area contributed by atoms with Gasteiger partial charge < -0.3 is 14.2 Å². The lowest BCUT2D eigenvalue weighted by Gasteiger charge is -2.36. The number of amides is 1. The molecule has 4 aromatic rings. The van der Waals surface area contributed by atoms with Crippen LogP contribution < -0.4 is 10.7 Å². The van der Waals surface area contributed by atoms with E-state index in [1.54, 1.807) is 24.4 Å². The van der Waals surface area contributed by atoms with E-state index in [0.717, 1.165) is 29.7 Å². The Morgan fingerprint density at radius 3 is 2.72 bits per heavy atom. The third-order valence-corrected chi connectivity index (χ3v) is 5.49. The third-order valence-electron chi connectivity index (χ3n) is 5.26. The molecule has 0 spiro atoms. The molecular formula is C21H17ClN4O3. The van der Waals surface area contributed by atoms with E-state index in [9.17, 15) is 9.59 Å². The zero-order valence-corrected chi connectivity index (χ0v) is 16.1. The van der Waals surface area contributed by atoms with Crippen molar-refractivity contribution in [3.8, 4) is 0 Å². The number of nitrogens with zero attached hydrogens (tertiary/aromatic N) is 3. The number of piperazine rings is 1. The van der Waals surface area contributed by atoms with Gasteiger partial charge in [0.05, 0.1) is 11.0 Å². The average Bonchev–Trinajstić information content (AvgIpc) is 3.12. The van der Waals surface area contributed by atoms with Gasteiger partial charge in [0, 0.05) is 54.0 Å². The summed E-state index contributed by atoms with van der Waals surface area (Å²) < 4.78 is 5.00. The van der Waals surface area contributed by atoms with Crippen LogP contribution in [0.15, 0.2) is 57.9 Å². The summed E-state index contributed by atoms with van der Waals surface area (Å²) in [4.78, 5) is 35.3. The van der Waals surface area contributed by atoms with Gasteiger partial charge in [-0.1, -0.05) is 11.6 Å². The van der Waals surface area contributed by atoms with Crippen LogP contribution in [-0.4, -0.2) is 47.0 Å². The fraction of sp³-hybridized carbons (Fsp3) is 0.190. The number of halogens is 1. The number of hydrogen-bond donors (Lipinski definition) is 1. The Bertz CT molecular complexity index is 1290. The van der Waals surface area contributed by atoms with Crippen LogP contribution in [0.25, 0.3) is 22.0 Å². The van der Waals surface area contributed by atoms with Crippen LogP contribution in [0, 0.1) is 0 Å². The molecule has 0 unspecified atom stereocenters. The van der Waals surface area contributed by atoms with Gasteiger partial charge in [-0.3, -0.25) is 14.8 Å². The van der Waals surface area contributed by atoms with Crippen molar-refractivity contribution in [2.24, 2.45) is 0 Å². The average molecular weight is 409 g/mol. The van der Waals surface area contributed by atoms with E-state index < -0.39 is 5.76 Å². The number of aromatic amines is 1. The summed E-state index contributed by atoms with van der Waals surface area (Å²) in [6.45, 7) is 2.66. The summed E-state index contributed by atoms with van der Waals surface area (Å²) in [6, 6.07) is 12.7. The molecule has 1 aliphatic rings. The van der Waals surface area contributed by atoms with Gasteiger partial charge in [0.2, 0.25) is 0 Å². The molecule has 5 rings (SSSR count). The minimum atomic E-state index is -0.524. The van der Waals surface area contributed by atoms with Crippen molar-refractivity contribution in [1.82, 2.24) is 14.9 Å². The van der Waals surface area contributed by atoms with E-state index in [0.29, 0.717) is 34.8 Å². The zero-order valence-electron chi connectivity index (χ0n) is 15.4. The van der Waals surface area contributed by atoms with Crippen LogP contribution in [0.4, 0.5) is 5.69 Å². The molecule has 0 bridgehead atoms. The Morgan fingerprint density at radius 2 is 1.90 bits per heavy atom. The monoisotopic (exact) mass is 408 g/mol. The maximum Gasteiger partial charge on any atom is 0.417 e. The van der Waals surface area contributed by atoms with E-state index in [-0.39, 0.29) is 5.91 Å². The number of hydrogen-bond acceptors (Lipinski definition) is 5. The molecule has 0 aliphatic carbocycles. The molecule has 3 heterocycles. The summed E-state index contributed by atoms with van der Waals surface area (Å²) in [6.07, 6.45) is 1.78. The number of carbonyl (C=O) groups is 1. The molecule has 1 fully saturated rings. The van der Waals surface area contributed by atoms with E-state index in [1.807, 2.05) is 29.2 Å². The lowest BCUT2D eigenvalue weighted by Crippen LogP contribution is -2.48. The number of fused-ring (bicyclic) bond motifs is 2. The Hall–Kier alpha value is -3.32. The minimum Gasteiger partial charge on any atom is -0.408 e. The first kappa shape index (κ1) is 17.8. The first-order chi connectivity index (χ1) is 14.1. The molecule has 0 atom stereocenters. The van der Waals surface area contributed by atoms with Crippen molar-refractivity contribution < 1.29 is 9.21 Å². The molecule has 29 heavy (non-hydrogen) atoms. The van der Waals surface area contributed by atoms with Crippen LogP contribution in [0.1, 0.15) is 10.4 Å². The number of H-pyrrole nitrogens is 1. The molecule has 1 saturated heterocycles. The molecule has 1 N–H and O–H groups in total. The molecule has 2 aromatic heterocycles. The van der Waals surface area contributed by atoms with Gasteiger partial charge in [0.15, 0.2) is 5.58 Å². The number of carbonyl (C=O) groups excluding carboxylic acids is 1. The van der Waals surface area contributed by atoms with Gasteiger partial charge >= 0.3 is 5.76 Å². The van der Waals surface area contributed by atoms with E-state index in [1.165, 1.54) is 0 Å². The molecule has 1 aliphatic heterocycles. The molecule has 0 radical (unpaired) electrons. The fourth-order valence-electron chi connectivity index (χ4n) is 3.80. The highest BCUT2D eigenvalue weighted by atomic mass is 35.5. The van der Waals surface area contributed by atoms with Crippen molar-refractivity contribution in [3.63, 3.8) is 0 Å². The van der Waals surface area contributed by atoms with Gasteiger partial charge in [-0.25, -0.2) is 4.79 Å². The number of benzene rings is 2. The first-order valence-electron chi connectivity index (χ1n) is 9.30. The molecule has 0 saturated carbocycles. The predicted octanol–water partition coefficient (Wildman–Crippen LogP) is 3.29. The number of anilines is 1. The third kappa shape index (κ3) is 3.23. The maximum absolute atomic E-state index is 12.9. The second-order valence-corrected chi connectivity index (χ2v) is 7.43. The summed E-state index contributed by atoms with van der Waals surface area (Å²) in [5, 5.41) is 1.71. The van der Waals surface area contributed by atoms with E-state index >= 15 is 0 Å². The number of pyridine rings is 1. The molecule has 8 heteroatoms. The summed E-state index contributed by atoms with van der Waals surface area (Å²) >= 11 is 6.08. The Kier molecular flexibility index (Phi) is 4.24. The molecule has 1 amide bonds. The highest BCUT2D eigenvalue weighted by Gasteiger charge is 2.23. The second kappa shape index (κ2) is 6.93. The van der Waals surface area contributed by atoms with Gasteiger partial charge in [-0.05, 0) is 42.5 Å². The smallest absolute Gasteiger partial charge is 0.408 e. The molecule has 2 aromatic carbocycles. The van der Waals surface area contributed by atoms with Crippen molar-refractivity contribution in [2.75, 3.05) is 31.1 Å². The predicted molar refractivity (Wildman–Crippen MR) is 112 cm³/mol. The van der Waals surface area contributed by atoms with Crippen molar-refractivity contribution in [3.05, 3.63) is 69.8 Å². The Labute approximate surface area is 170 Å². The molecule has 146 valence electrons. The van der Waals surface area contributed by atoms with Crippen LogP contribution in [0.5, 0.6) is 0 Å². The number of nitrogens with one attached hydrogen (secondary N) is 1. The van der Waals surface area contributed by atoms with Crippen molar-refractivity contribution in [1.29, 1.82) is 0 Å². The maximum atomic E-state index is 12.9. The van der Waals surface area contributed by atoms with Crippen molar-refractivity contribution >= 4 is 45.2 Å². The topological polar surface area (TPSA) is 82.4 Å². The van der Waals surface area contributed by atoms with Crippen LogP contribution in [-0.2, 0) is 0 Å². The van der Waals surface area contributed by atoms with Crippen LogP contribution in [0.3, 0.4) is 0 Å². The Morgan fingerprint density at radius 1 is 1.07 bits per heavy atom. The number of rotatable bonds is 2. The van der Waals surface area contributed by atoms with Crippen LogP contribution >= 0.6 is 11.6 Å². The zero-order chi connectivity index (χ0) is 20.0.